The van der Waals surface area contributed by atoms with Crippen LogP contribution in [0.15, 0.2) is 48.5 Å². The number of hydrogen-bond donors (Lipinski definition) is 2. The third-order valence-corrected chi connectivity index (χ3v) is 5.05. The number of carbonyl (C=O) groups is 2. The summed E-state index contributed by atoms with van der Waals surface area (Å²) in [4.78, 5) is 29.3. The standard InChI is InChI=1S/C21H22N4O2/c1-2-25-18-10-6-5-9-17(18)23-21(25)24-19(26)12-11-15-13-14-7-3-4-8-16(14)22-20(15)27/h3-10,15H,2,11-13H2,1H3,(H,22,27)(H,23,24,26)/t15-/m1/s1. The van der Waals surface area contributed by atoms with Crippen molar-refractivity contribution < 1.29 is 9.59 Å². The van der Waals surface area contributed by atoms with Crippen LogP contribution in [0, 0.1) is 5.92 Å². The molecule has 0 fully saturated rings. The Hall–Kier alpha value is -3.15. The minimum absolute atomic E-state index is 0.0118. The van der Waals surface area contributed by atoms with Crippen molar-refractivity contribution in [2.24, 2.45) is 5.92 Å². The molecule has 0 saturated carbocycles. The molecule has 1 aliphatic heterocycles. The van der Waals surface area contributed by atoms with E-state index in [4.69, 9.17) is 0 Å². The summed E-state index contributed by atoms with van der Waals surface area (Å²) in [5.74, 6) is 0.242. The lowest BCUT2D eigenvalue weighted by molar-refractivity contribution is -0.121. The average molecular weight is 362 g/mol. The topological polar surface area (TPSA) is 76.0 Å². The van der Waals surface area contributed by atoms with Crippen molar-refractivity contribution >= 4 is 34.5 Å². The molecular weight excluding hydrogens is 340 g/mol. The fourth-order valence-corrected chi connectivity index (χ4v) is 3.63. The predicted octanol–water partition coefficient (Wildman–Crippen LogP) is 3.59. The van der Waals surface area contributed by atoms with Gasteiger partial charge in [-0.2, -0.15) is 0 Å². The molecule has 27 heavy (non-hydrogen) atoms. The van der Waals surface area contributed by atoms with Crippen LogP contribution in [0.2, 0.25) is 0 Å². The molecule has 4 rings (SSSR count). The smallest absolute Gasteiger partial charge is 0.227 e. The maximum atomic E-state index is 12.5. The SMILES string of the molecule is CCn1c(NC(=O)CC[C@@H]2Cc3ccccc3NC2=O)nc2ccccc21. The maximum absolute atomic E-state index is 12.5. The van der Waals surface area contributed by atoms with Crippen molar-refractivity contribution in [1.82, 2.24) is 9.55 Å². The molecule has 138 valence electrons. The van der Waals surface area contributed by atoms with Gasteiger partial charge in [0.25, 0.3) is 0 Å². The first kappa shape index (κ1) is 17.3. The molecule has 0 radical (unpaired) electrons. The zero-order valence-electron chi connectivity index (χ0n) is 15.2. The maximum Gasteiger partial charge on any atom is 0.227 e. The third kappa shape index (κ3) is 3.43. The van der Waals surface area contributed by atoms with Gasteiger partial charge in [0.1, 0.15) is 0 Å². The molecule has 0 saturated heterocycles. The summed E-state index contributed by atoms with van der Waals surface area (Å²) >= 11 is 0. The Bertz CT molecular complexity index is 1010. The van der Waals surface area contributed by atoms with Crippen LogP contribution in [0.25, 0.3) is 11.0 Å². The van der Waals surface area contributed by atoms with E-state index in [1.165, 1.54) is 0 Å². The highest BCUT2D eigenvalue weighted by Gasteiger charge is 2.26. The number of fused-ring (bicyclic) bond motifs is 2. The molecule has 3 aromatic rings. The monoisotopic (exact) mass is 362 g/mol. The van der Waals surface area contributed by atoms with Crippen LogP contribution in [0.3, 0.4) is 0 Å². The molecule has 2 amide bonds. The van der Waals surface area contributed by atoms with Gasteiger partial charge in [-0.3, -0.25) is 14.9 Å². The fraction of sp³-hybridized carbons (Fsp3) is 0.286. The Morgan fingerprint density at radius 2 is 2.00 bits per heavy atom. The van der Waals surface area contributed by atoms with Gasteiger partial charge in [-0.1, -0.05) is 30.3 Å². The normalized spacial score (nSPS) is 16.0. The highest BCUT2D eigenvalue weighted by atomic mass is 16.2. The molecule has 0 aliphatic carbocycles. The number of benzene rings is 2. The zero-order chi connectivity index (χ0) is 18.8. The van der Waals surface area contributed by atoms with Crippen LogP contribution in [-0.4, -0.2) is 21.4 Å². The number of para-hydroxylation sites is 3. The first-order valence-electron chi connectivity index (χ1n) is 9.29. The van der Waals surface area contributed by atoms with Crippen molar-refractivity contribution in [1.29, 1.82) is 0 Å². The number of amides is 2. The largest absolute Gasteiger partial charge is 0.326 e. The van der Waals surface area contributed by atoms with Gasteiger partial charge >= 0.3 is 0 Å². The van der Waals surface area contributed by atoms with Gasteiger partial charge in [-0.25, -0.2) is 4.98 Å². The number of rotatable bonds is 5. The third-order valence-electron chi connectivity index (χ3n) is 5.05. The van der Waals surface area contributed by atoms with Crippen LogP contribution in [0.5, 0.6) is 0 Å². The van der Waals surface area contributed by atoms with Crippen molar-refractivity contribution in [3.8, 4) is 0 Å². The molecule has 2 aromatic carbocycles. The Kier molecular flexibility index (Phi) is 4.62. The molecule has 0 bridgehead atoms. The number of hydrogen-bond acceptors (Lipinski definition) is 3. The molecule has 1 aliphatic rings. The molecular formula is C21H22N4O2. The summed E-state index contributed by atoms with van der Waals surface area (Å²) in [5.41, 5.74) is 3.85. The van der Waals surface area contributed by atoms with E-state index in [1.54, 1.807) is 0 Å². The van der Waals surface area contributed by atoms with Gasteiger partial charge in [-0.15, -0.1) is 0 Å². The van der Waals surface area contributed by atoms with E-state index in [1.807, 2.05) is 60.0 Å². The van der Waals surface area contributed by atoms with Gasteiger partial charge in [0.15, 0.2) is 0 Å². The number of aryl methyl sites for hydroxylation is 1. The number of aromatic nitrogens is 2. The Morgan fingerprint density at radius 1 is 1.22 bits per heavy atom. The lowest BCUT2D eigenvalue weighted by atomic mass is 9.89. The fourth-order valence-electron chi connectivity index (χ4n) is 3.63. The molecule has 1 aromatic heterocycles. The lowest BCUT2D eigenvalue weighted by Crippen LogP contribution is -2.30. The van der Waals surface area contributed by atoms with Crippen LogP contribution >= 0.6 is 0 Å². The van der Waals surface area contributed by atoms with Crippen molar-refractivity contribution in [2.75, 3.05) is 10.6 Å². The Balaban J connectivity index is 1.41. The van der Waals surface area contributed by atoms with Crippen LogP contribution in [-0.2, 0) is 22.6 Å². The summed E-state index contributed by atoms with van der Waals surface area (Å²) < 4.78 is 1.98. The van der Waals surface area contributed by atoms with E-state index < -0.39 is 0 Å². The Morgan fingerprint density at radius 3 is 2.85 bits per heavy atom. The van der Waals surface area contributed by atoms with Gasteiger partial charge < -0.3 is 9.88 Å². The van der Waals surface area contributed by atoms with Gasteiger partial charge in [-0.05, 0) is 43.5 Å². The number of anilines is 2. The molecule has 6 heteroatoms. The first-order chi connectivity index (χ1) is 13.2. The summed E-state index contributed by atoms with van der Waals surface area (Å²) in [6, 6.07) is 15.6. The molecule has 0 spiro atoms. The van der Waals surface area contributed by atoms with Gasteiger partial charge in [0, 0.05) is 24.6 Å². The van der Waals surface area contributed by atoms with Crippen molar-refractivity contribution in [3.05, 3.63) is 54.1 Å². The van der Waals surface area contributed by atoms with E-state index in [9.17, 15) is 9.59 Å². The van der Waals surface area contributed by atoms with E-state index in [2.05, 4.69) is 15.6 Å². The van der Waals surface area contributed by atoms with Crippen molar-refractivity contribution in [2.45, 2.75) is 32.7 Å². The summed E-state index contributed by atoms with van der Waals surface area (Å²) in [5, 5.41) is 5.84. The number of nitrogens with one attached hydrogen (secondary N) is 2. The average Bonchev–Trinajstić information content (AvgIpc) is 3.03. The summed E-state index contributed by atoms with van der Waals surface area (Å²) in [6.07, 6.45) is 1.47. The zero-order valence-corrected chi connectivity index (χ0v) is 15.2. The van der Waals surface area contributed by atoms with E-state index >= 15 is 0 Å². The quantitative estimate of drug-likeness (QED) is 0.728. The second kappa shape index (κ2) is 7.23. The van der Waals surface area contributed by atoms with Gasteiger partial charge in [0.05, 0.1) is 11.0 Å². The van der Waals surface area contributed by atoms with E-state index in [0.29, 0.717) is 18.8 Å². The van der Waals surface area contributed by atoms with E-state index in [-0.39, 0.29) is 24.2 Å². The molecule has 2 heterocycles. The highest BCUT2D eigenvalue weighted by Crippen LogP contribution is 2.27. The predicted molar refractivity (Wildman–Crippen MR) is 106 cm³/mol. The van der Waals surface area contributed by atoms with Crippen LogP contribution < -0.4 is 10.6 Å². The lowest BCUT2D eigenvalue weighted by Gasteiger charge is -2.24. The summed E-state index contributed by atoms with van der Waals surface area (Å²) in [7, 11) is 0. The van der Waals surface area contributed by atoms with Crippen LogP contribution in [0.4, 0.5) is 11.6 Å². The number of carbonyl (C=O) groups excluding carboxylic acids is 2. The first-order valence-corrected chi connectivity index (χ1v) is 9.29. The molecule has 2 N–H and O–H groups in total. The second-order valence-electron chi connectivity index (χ2n) is 6.80. The second-order valence-corrected chi connectivity index (χ2v) is 6.80. The molecule has 6 nitrogen and oxygen atoms in total. The van der Waals surface area contributed by atoms with Crippen LogP contribution in [0.1, 0.15) is 25.3 Å². The Labute approximate surface area is 157 Å². The van der Waals surface area contributed by atoms with E-state index in [0.717, 1.165) is 28.8 Å². The highest BCUT2D eigenvalue weighted by molar-refractivity contribution is 5.96. The minimum Gasteiger partial charge on any atom is -0.326 e. The molecule has 0 unspecified atom stereocenters. The van der Waals surface area contributed by atoms with Gasteiger partial charge in [0.2, 0.25) is 17.8 Å². The molecule has 1 atom stereocenters. The number of nitrogens with zero attached hydrogens (tertiary/aromatic N) is 2. The van der Waals surface area contributed by atoms with Crippen molar-refractivity contribution in [3.63, 3.8) is 0 Å². The summed E-state index contributed by atoms with van der Waals surface area (Å²) in [6.45, 7) is 2.74. The number of imidazole rings is 1. The minimum atomic E-state index is -0.185.